The summed E-state index contributed by atoms with van der Waals surface area (Å²) in [6.45, 7) is 7.26. The van der Waals surface area contributed by atoms with Crippen LogP contribution < -0.4 is 15.8 Å². The normalized spacial score (nSPS) is 15.7. The lowest BCUT2D eigenvalue weighted by atomic mass is 9.90. The number of nitrogens with one attached hydrogen (secondary N) is 1. The monoisotopic (exact) mass is 578 g/mol. The van der Waals surface area contributed by atoms with E-state index in [1.807, 2.05) is 26.1 Å². The molecule has 0 spiro atoms. The minimum Gasteiger partial charge on any atom is -0.392 e. The Labute approximate surface area is 248 Å². The molecule has 0 aromatic carbocycles. The Morgan fingerprint density at radius 1 is 1.07 bits per heavy atom. The fourth-order valence-electron chi connectivity index (χ4n) is 6.74. The van der Waals surface area contributed by atoms with E-state index in [0.29, 0.717) is 52.8 Å². The maximum Gasteiger partial charge on any atom is 0.276 e. The molecule has 2 aliphatic rings. The number of pyridine rings is 3. The van der Waals surface area contributed by atoms with E-state index < -0.39 is 0 Å². The van der Waals surface area contributed by atoms with Crippen molar-refractivity contribution in [2.75, 3.05) is 16.8 Å². The van der Waals surface area contributed by atoms with Gasteiger partial charge in [-0.3, -0.25) is 19.2 Å². The van der Waals surface area contributed by atoms with Gasteiger partial charge in [-0.15, -0.1) is 0 Å². The molecule has 0 saturated heterocycles. The molecule has 0 radical (unpaired) electrons. The Morgan fingerprint density at radius 3 is 2.67 bits per heavy atom. The zero-order chi connectivity index (χ0) is 30.2. The van der Waals surface area contributed by atoms with Crippen molar-refractivity contribution in [1.29, 1.82) is 0 Å². The van der Waals surface area contributed by atoms with Crippen LogP contribution in [-0.2, 0) is 40.1 Å². The predicted molar refractivity (Wildman–Crippen MR) is 165 cm³/mol. The fourth-order valence-corrected chi connectivity index (χ4v) is 6.74. The molecule has 1 amide bonds. The molecule has 11 nitrogen and oxygen atoms in total. The van der Waals surface area contributed by atoms with Crippen LogP contribution in [0.2, 0.25) is 0 Å². The van der Waals surface area contributed by atoms with Crippen molar-refractivity contribution in [3.63, 3.8) is 0 Å². The van der Waals surface area contributed by atoms with Crippen LogP contribution in [0.25, 0.3) is 22.0 Å². The van der Waals surface area contributed by atoms with Crippen molar-refractivity contribution in [1.82, 2.24) is 28.9 Å². The van der Waals surface area contributed by atoms with Crippen molar-refractivity contribution >= 4 is 34.1 Å². The number of carbonyl (C=O) groups is 1. The minimum atomic E-state index is -0.321. The summed E-state index contributed by atoms with van der Waals surface area (Å²) in [6, 6.07) is 7.46. The molecule has 0 unspecified atom stereocenters. The van der Waals surface area contributed by atoms with Gasteiger partial charge in [0.05, 0.1) is 24.0 Å². The van der Waals surface area contributed by atoms with Gasteiger partial charge in [-0.05, 0) is 60.6 Å². The average molecular weight is 579 g/mol. The zero-order valence-corrected chi connectivity index (χ0v) is 25.0. The van der Waals surface area contributed by atoms with E-state index in [1.54, 1.807) is 47.4 Å². The summed E-state index contributed by atoms with van der Waals surface area (Å²) in [4.78, 5) is 37.7. The highest BCUT2D eigenvalue weighted by atomic mass is 16.3. The molecule has 5 aromatic heterocycles. The largest absolute Gasteiger partial charge is 0.392 e. The highest BCUT2D eigenvalue weighted by Crippen LogP contribution is 2.40. The lowest BCUT2D eigenvalue weighted by Gasteiger charge is -2.31. The van der Waals surface area contributed by atoms with Crippen LogP contribution in [0.1, 0.15) is 46.9 Å². The predicted octanol–water partition coefficient (Wildman–Crippen LogP) is 3.86. The summed E-state index contributed by atoms with van der Waals surface area (Å²) in [5.41, 5.74) is 7.17. The van der Waals surface area contributed by atoms with Gasteiger partial charge < -0.3 is 19.6 Å². The van der Waals surface area contributed by atoms with Gasteiger partial charge in [-0.1, -0.05) is 13.8 Å². The van der Waals surface area contributed by atoms with Gasteiger partial charge in [0.1, 0.15) is 23.0 Å². The second-order valence-electron chi connectivity index (χ2n) is 12.4. The van der Waals surface area contributed by atoms with Crippen molar-refractivity contribution in [2.45, 2.75) is 46.8 Å². The van der Waals surface area contributed by atoms with Crippen LogP contribution in [0.5, 0.6) is 0 Å². The topological polar surface area (TPSA) is 123 Å². The molecule has 6 heterocycles. The van der Waals surface area contributed by atoms with Crippen LogP contribution in [0, 0.1) is 12.3 Å². The number of hydrogen-bond acceptors (Lipinski definition) is 7. The number of nitrogens with zero attached hydrogens (tertiary/aromatic N) is 7. The molecule has 43 heavy (non-hydrogen) atoms. The average Bonchev–Trinajstić information content (AvgIpc) is 3.57. The molecule has 1 aliphatic carbocycles. The summed E-state index contributed by atoms with van der Waals surface area (Å²) in [7, 11) is 3.55. The van der Waals surface area contributed by atoms with E-state index in [2.05, 4.69) is 38.8 Å². The van der Waals surface area contributed by atoms with Gasteiger partial charge in [0, 0.05) is 61.8 Å². The van der Waals surface area contributed by atoms with E-state index in [9.17, 15) is 14.7 Å². The van der Waals surface area contributed by atoms with Gasteiger partial charge in [-0.25, -0.2) is 9.97 Å². The molecular weight excluding hydrogens is 544 g/mol. The van der Waals surface area contributed by atoms with Crippen LogP contribution in [0.4, 0.5) is 17.3 Å². The van der Waals surface area contributed by atoms with Crippen molar-refractivity contribution in [3.8, 4) is 11.1 Å². The van der Waals surface area contributed by atoms with Crippen molar-refractivity contribution in [3.05, 3.63) is 81.4 Å². The molecule has 11 heteroatoms. The SMILES string of the molecule is Cc1nn(C)c2cnc(Nc3cc(-c4ccnc(N5CCn6c(cc7c6CC(C)(C)C7)C5=O)c4CO)cn(C)c3=O)cc12. The second-order valence-corrected chi connectivity index (χ2v) is 12.4. The molecule has 1 aliphatic heterocycles. The molecule has 5 aromatic rings. The standard InChI is InChI=1S/C32H34N8O3/c1-18-22-12-28(34-15-27(22)38(5)36-18)35-24-10-20(16-37(4)30(24)42)21-6-7-33-29(23(21)17-41)40-9-8-39-25(31(40)43)11-19-13-32(2,3)14-26(19)39/h6-7,10-12,15-16,41H,8-9,13-14,17H2,1-5H3,(H,34,35). The smallest absolute Gasteiger partial charge is 0.276 e. The van der Waals surface area contributed by atoms with Crippen molar-refractivity contribution < 1.29 is 9.90 Å². The van der Waals surface area contributed by atoms with Gasteiger partial charge in [-0.2, -0.15) is 5.10 Å². The lowest BCUT2D eigenvalue weighted by molar-refractivity contribution is 0.0962. The van der Waals surface area contributed by atoms with Gasteiger partial charge in [0.25, 0.3) is 11.5 Å². The van der Waals surface area contributed by atoms with E-state index in [0.717, 1.165) is 29.4 Å². The Balaban J connectivity index is 1.25. The molecular formula is C32H34N8O3. The van der Waals surface area contributed by atoms with Crippen LogP contribution in [0.15, 0.2) is 47.7 Å². The molecule has 0 bridgehead atoms. The maximum absolute atomic E-state index is 13.8. The number of anilines is 3. The first-order chi connectivity index (χ1) is 20.5. The van der Waals surface area contributed by atoms with Gasteiger partial charge >= 0.3 is 0 Å². The Hall–Kier alpha value is -4.77. The lowest BCUT2D eigenvalue weighted by Crippen LogP contribution is -2.41. The van der Waals surface area contributed by atoms with Crippen LogP contribution in [-0.4, -0.2) is 46.4 Å². The second kappa shape index (κ2) is 9.63. The number of hydrogen-bond donors (Lipinski definition) is 2. The quantitative estimate of drug-likeness (QED) is 0.325. The summed E-state index contributed by atoms with van der Waals surface area (Å²) in [6.07, 6.45) is 7.01. The van der Waals surface area contributed by atoms with Gasteiger partial charge in [0.15, 0.2) is 0 Å². The van der Waals surface area contributed by atoms with Crippen LogP contribution >= 0.6 is 0 Å². The number of aromatic nitrogens is 6. The van der Waals surface area contributed by atoms with E-state index in [1.165, 1.54) is 15.8 Å². The minimum absolute atomic E-state index is 0.118. The molecule has 0 atom stereocenters. The third-order valence-electron chi connectivity index (χ3n) is 8.75. The van der Waals surface area contributed by atoms with E-state index in [4.69, 9.17) is 0 Å². The van der Waals surface area contributed by atoms with Crippen molar-refractivity contribution in [2.24, 2.45) is 19.5 Å². The molecule has 2 N–H and O–H groups in total. The third kappa shape index (κ3) is 4.34. The number of aryl methyl sites for hydroxylation is 3. The van der Waals surface area contributed by atoms with Gasteiger partial charge in [0.2, 0.25) is 0 Å². The summed E-state index contributed by atoms with van der Waals surface area (Å²) >= 11 is 0. The highest BCUT2D eigenvalue weighted by Gasteiger charge is 2.37. The number of carbonyl (C=O) groups excluding carboxylic acids is 1. The highest BCUT2D eigenvalue weighted by molar-refractivity contribution is 6.06. The van der Waals surface area contributed by atoms with Crippen LogP contribution in [0.3, 0.4) is 0 Å². The molecule has 0 fully saturated rings. The zero-order valence-electron chi connectivity index (χ0n) is 25.0. The summed E-state index contributed by atoms with van der Waals surface area (Å²) in [5, 5.41) is 19.2. The number of aliphatic hydroxyl groups is 1. The first-order valence-electron chi connectivity index (χ1n) is 14.4. The number of aliphatic hydroxyl groups excluding tert-OH is 1. The number of amides is 1. The first-order valence-corrected chi connectivity index (χ1v) is 14.4. The Morgan fingerprint density at radius 2 is 1.88 bits per heavy atom. The molecule has 0 saturated carbocycles. The summed E-state index contributed by atoms with van der Waals surface area (Å²) in [5.74, 6) is 0.834. The van der Waals surface area contributed by atoms with E-state index >= 15 is 0 Å². The summed E-state index contributed by atoms with van der Waals surface area (Å²) < 4.78 is 5.43. The van der Waals surface area contributed by atoms with E-state index in [-0.39, 0.29) is 23.5 Å². The Kier molecular flexibility index (Phi) is 6.07. The number of rotatable bonds is 5. The molecule has 220 valence electrons. The third-order valence-corrected chi connectivity index (χ3v) is 8.75. The maximum atomic E-state index is 13.8. The molecule has 7 rings (SSSR count). The fraction of sp³-hybridized carbons (Fsp3) is 0.344. The first kappa shape index (κ1) is 27.1. The Bertz CT molecular complexity index is 2020. The number of fused-ring (bicyclic) bond motifs is 4.